The number of nitrogens with two attached hydrogens (primary N) is 1. The van der Waals surface area contributed by atoms with Crippen molar-refractivity contribution in [2.75, 3.05) is 36.6 Å². The Morgan fingerprint density at radius 2 is 1.74 bits per heavy atom. The highest BCUT2D eigenvalue weighted by atomic mass is 32.2. The zero-order chi connectivity index (χ0) is 40.0. The van der Waals surface area contributed by atoms with Crippen molar-refractivity contribution in [3.8, 4) is 5.75 Å². The van der Waals surface area contributed by atoms with Crippen molar-refractivity contribution in [2.45, 2.75) is 62.0 Å². The number of carboxylic acids is 1. The van der Waals surface area contributed by atoms with E-state index in [-0.39, 0.29) is 10.5 Å². The number of carboxylic acid groups (broad SMARTS) is 1. The molecular weight excluding hydrogens is 738 g/mol. The van der Waals surface area contributed by atoms with Crippen molar-refractivity contribution in [2.24, 2.45) is 0 Å². The van der Waals surface area contributed by atoms with Crippen molar-refractivity contribution in [1.29, 1.82) is 0 Å². The summed E-state index contributed by atoms with van der Waals surface area (Å²) in [7, 11) is -2.58. The number of nitrogens with one attached hydrogen (secondary N) is 2. The number of nitrogens with zero attached hydrogens (tertiary/aromatic N) is 2. The van der Waals surface area contributed by atoms with Crippen LogP contribution in [0.15, 0.2) is 71.8 Å². The molecule has 0 bridgehead atoms. The zero-order valence-corrected chi connectivity index (χ0v) is 30.4. The predicted molar refractivity (Wildman–Crippen MR) is 192 cm³/mol. The number of carbonyl (C=O) groups excluding carboxylic acids is 2. The first kappa shape index (κ1) is 41.1. The maximum atomic E-state index is 15.6. The van der Waals surface area contributed by atoms with Gasteiger partial charge in [0.2, 0.25) is 5.91 Å². The van der Waals surface area contributed by atoms with E-state index in [4.69, 9.17) is 25.1 Å². The third kappa shape index (κ3) is 9.47. The van der Waals surface area contributed by atoms with Gasteiger partial charge in [-0.3, -0.25) is 10.1 Å². The zero-order valence-electron chi connectivity index (χ0n) is 29.6. The van der Waals surface area contributed by atoms with Crippen LogP contribution in [-0.2, 0) is 24.2 Å². The minimum atomic E-state index is -5.08. The molecule has 2 atom stereocenters. The van der Waals surface area contributed by atoms with E-state index in [1.807, 2.05) is 0 Å². The number of amides is 2. The highest BCUT2D eigenvalue weighted by Crippen LogP contribution is 2.41. The van der Waals surface area contributed by atoms with Gasteiger partial charge in [-0.25, -0.2) is 27.4 Å². The first-order chi connectivity index (χ1) is 25.4. The van der Waals surface area contributed by atoms with Gasteiger partial charge >= 0.3 is 18.2 Å². The highest BCUT2D eigenvalue weighted by molar-refractivity contribution is 7.92. The number of pyridine rings is 1. The molecule has 1 aromatic heterocycles. The number of rotatable bonds is 10. The molecule has 2 heterocycles. The molecule has 1 aliphatic rings. The smallest absolute Gasteiger partial charge is 0.490 e. The van der Waals surface area contributed by atoms with Crippen LogP contribution in [-0.4, -0.2) is 73.1 Å². The topological polar surface area (TPSA) is 190 Å². The number of nitrogen functional groups attached to an aromatic ring is 1. The third-order valence-electron chi connectivity index (χ3n) is 8.45. The van der Waals surface area contributed by atoms with E-state index in [0.717, 1.165) is 10.8 Å². The Labute approximate surface area is 308 Å². The Balaban J connectivity index is 0.000000845. The van der Waals surface area contributed by atoms with Gasteiger partial charge in [0.25, 0.3) is 0 Å². The van der Waals surface area contributed by atoms with Crippen molar-refractivity contribution < 1.29 is 54.9 Å². The van der Waals surface area contributed by atoms with Crippen LogP contribution in [0, 0.1) is 5.82 Å². The molecule has 0 spiro atoms. The molecule has 1 saturated heterocycles. The van der Waals surface area contributed by atoms with Crippen LogP contribution in [0.2, 0.25) is 0 Å². The summed E-state index contributed by atoms with van der Waals surface area (Å²) in [6, 6.07) is 13.9. The van der Waals surface area contributed by atoms with Crippen LogP contribution in [0.3, 0.4) is 0 Å². The quantitative estimate of drug-likeness (QED) is 0.123. The fraction of sp³-hybridized carbons (Fsp3) is 0.333. The third-order valence-corrected chi connectivity index (χ3v) is 10.7. The lowest BCUT2D eigenvalue weighted by Crippen LogP contribution is -2.38. The van der Waals surface area contributed by atoms with Gasteiger partial charge in [0.05, 0.1) is 29.9 Å². The molecule has 54 heavy (non-hydrogen) atoms. The number of alkyl halides is 3. The fourth-order valence-corrected chi connectivity index (χ4v) is 7.11. The standard InChI is InChI=1S/C34H38FN5O6S.C2HF3O2/c1-5-46-24-10-12-28(35)26(19-24)31(38-22-8-11-25-21(17-22)14-15-37-32(25)36)33(41)40-16-6-7-29(40)27-18-23(39-34(42)45-4)9-13-30(27)47(43,44)20(2)3;3-2(4,5)1(6)7/h8-15,17-20,29,31,38H,5-7,16H2,1-4H3,(H2,36,37)(H,39,42);(H,6,7)/t29-,31-;/m1./s1. The molecule has 0 saturated carbocycles. The number of sulfone groups is 1. The molecule has 0 aliphatic carbocycles. The Morgan fingerprint density at radius 3 is 2.37 bits per heavy atom. The molecule has 0 radical (unpaired) electrons. The van der Waals surface area contributed by atoms with Gasteiger partial charge in [0, 0.05) is 35.1 Å². The summed E-state index contributed by atoms with van der Waals surface area (Å²) in [5.74, 6) is -3.09. The SMILES string of the molecule is CCOc1ccc(F)c([C@@H](Nc2ccc3c(N)nccc3c2)C(=O)N2CCC[C@@H]2c2cc(NC(=O)OC)ccc2S(=O)(=O)C(C)C)c1.O=C(O)C(F)(F)F. The normalized spacial score (nSPS) is 14.9. The second kappa shape index (κ2) is 17.0. The van der Waals surface area contributed by atoms with Crippen LogP contribution >= 0.6 is 0 Å². The Hall–Kier alpha value is -5.65. The van der Waals surface area contributed by atoms with Crippen LogP contribution in [0.25, 0.3) is 10.8 Å². The number of halogens is 4. The van der Waals surface area contributed by atoms with Crippen LogP contribution in [0.5, 0.6) is 5.75 Å². The number of hydrogen-bond acceptors (Lipinski definition) is 10. The number of aliphatic carboxylic acids is 1. The van der Waals surface area contributed by atoms with Crippen LogP contribution < -0.4 is 21.1 Å². The summed E-state index contributed by atoms with van der Waals surface area (Å²) in [5.41, 5.74) is 7.31. The van der Waals surface area contributed by atoms with E-state index < -0.39 is 57.1 Å². The van der Waals surface area contributed by atoms with Gasteiger partial charge in [-0.15, -0.1) is 0 Å². The summed E-state index contributed by atoms with van der Waals surface area (Å²) in [6.45, 7) is 5.61. The Kier molecular flexibility index (Phi) is 12.9. The molecule has 3 aromatic carbocycles. The van der Waals surface area contributed by atoms with E-state index in [1.165, 1.54) is 37.4 Å². The summed E-state index contributed by atoms with van der Waals surface area (Å²) >= 11 is 0. The van der Waals surface area contributed by atoms with Crippen molar-refractivity contribution in [3.05, 3.63) is 83.8 Å². The maximum absolute atomic E-state index is 15.6. The van der Waals surface area contributed by atoms with E-state index in [2.05, 4.69) is 15.6 Å². The molecule has 1 fully saturated rings. The molecule has 2 amide bonds. The lowest BCUT2D eigenvalue weighted by molar-refractivity contribution is -0.192. The second-order valence-corrected chi connectivity index (χ2v) is 14.8. The Bertz CT molecular complexity index is 2130. The molecule has 290 valence electrons. The lowest BCUT2D eigenvalue weighted by atomic mass is 10.00. The van der Waals surface area contributed by atoms with Gasteiger partial charge < -0.3 is 30.5 Å². The number of likely N-dealkylation sites (tertiary alicyclic amines) is 1. The number of methoxy groups -OCH3 is 1. The molecule has 13 nitrogen and oxygen atoms in total. The first-order valence-electron chi connectivity index (χ1n) is 16.5. The van der Waals surface area contributed by atoms with E-state index in [9.17, 15) is 31.2 Å². The van der Waals surface area contributed by atoms with E-state index in [1.54, 1.807) is 62.2 Å². The molecule has 5 N–H and O–H groups in total. The van der Waals surface area contributed by atoms with Crippen molar-refractivity contribution in [1.82, 2.24) is 9.88 Å². The fourth-order valence-electron chi connectivity index (χ4n) is 5.82. The average molecular weight is 778 g/mol. The molecule has 5 rings (SSSR count). The average Bonchev–Trinajstić information content (AvgIpc) is 3.61. The van der Waals surface area contributed by atoms with Gasteiger partial charge in [-0.2, -0.15) is 13.2 Å². The van der Waals surface area contributed by atoms with Crippen molar-refractivity contribution >= 4 is 55.8 Å². The van der Waals surface area contributed by atoms with Crippen LogP contribution in [0.1, 0.15) is 56.8 Å². The van der Waals surface area contributed by atoms with E-state index in [0.29, 0.717) is 54.5 Å². The lowest BCUT2D eigenvalue weighted by Gasteiger charge is -2.32. The van der Waals surface area contributed by atoms with E-state index >= 15 is 4.39 Å². The van der Waals surface area contributed by atoms with Crippen molar-refractivity contribution in [3.63, 3.8) is 0 Å². The molecule has 18 heteroatoms. The summed E-state index contributed by atoms with van der Waals surface area (Å²) < 4.78 is 84.8. The first-order valence-corrected chi connectivity index (χ1v) is 18.1. The summed E-state index contributed by atoms with van der Waals surface area (Å²) in [6.07, 6.45) is -3.21. The van der Waals surface area contributed by atoms with Gasteiger partial charge in [-0.1, -0.05) is 0 Å². The number of benzene rings is 3. The molecule has 4 aromatic rings. The number of carbonyl (C=O) groups is 3. The highest BCUT2D eigenvalue weighted by Gasteiger charge is 2.39. The number of hydrogen-bond donors (Lipinski definition) is 4. The van der Waals surface area contributed by atoms with Gasteiger partial charge in [0.1, 0.15) is 23.4 Å². The summed E-state index contributed by atoms with van der Waals surface area (Å²) in [5, 5.41) is 13.7. The minimum Gasteiger partial charge on any atom is -0.494 e. The van der Waals surface area contributed by atoms with Crippen LogP contribution in [0.4, 0.5) is 39.5 Å². The maximum Gasteiger partial charge on any atom is 0.490 e. The number of ether oxygens (including phenoxy) is 2. The number of anilines is 3. The monoisotopic (exact) mass is 777 g/mol. The molecule has 1 aliphatic heterocycles. The summed E-state index contributed by atoms with van der Waals surface area (Å²) in [4.78, 5) is 41.3. The number of aromatic nitrogens is 1. The largest absolute Gasteiger partial charge is 0.494 e. The Morgan fingerprint density at radius 1 is 1.06 bits per heavy atom. The molecule has 0 unspecified atom stereocenters. The molecular formula is C36H39F4N5O8S. The number of fused-ring (bicyclic) bond motifs is 1. The van der Waals surface area contributed by atoms with Gasteiger partial charge in [-0.05, 0) is 105 Å². The minimum absolute atomic E-state index is 0.0578. The van der Waals surface area contributed by atoms with Gasteiger partial charge in [0.15, 0.2) is 9.84 Å². The predicted octanol–water partition coefficient (Wildman–Crippen LogP) is 6.87. The second-order valence-electron chi connectivity index (χ2n) is 12.3.